The molecule has 0 radical (unpaired) electrons. The molecule has 0 saturated heterocycles. The maximum Gasteiger partial charge on any atom is 0.308 e. The molecular formula is C17H22N2O4S. The van der Waals surface area contributed by atoms with Gasteiger partial charge in [-0.2, -0.15) is 0 Å². The number of anilines is 1. The van der Waals surface area contributed by atoms with Gasteiger partial charge in [-0.15, -0.1) is 11.8 Å². The van der Waals surface area contributed by atoms with E-state index in [0.717, 1.165) is 4.90 Å². The van der Waals surface area contributed by atoms with Crippen LogP contribution in [0, 0.1) is 11.8 Å². The fourth-order valence-corrected chi connectivity index (χ4v) is 3.44. The minimum absolute atomic E-state index is 0.0849. The van der Waals surface area contributed by atoms with Gasteiger partial charge in [-0.3, -0.25) is 14.4 Å². The van der Waals surface area contributed by atoms with Crippen molar-refractivity contribution in [1.29, 1.82) is 0 Å². The van der Waals surface area contributed by atoms with Gasteiger partial charge in [-0.05, 0) is 37.5 Å². The van der Waals surface area contributed by atoms with Crippen LogP contribution in [0.2, 0.25) is 0 Å². The van der Waals surface area contributed by atoms with E-state index in [1.165, 1.54) is 11.8 Å². The molecule has 6 nitrogen and oxygen atoms in total. The van der Waals surface area contributed by atoms with E-state index in [-0.39, 0.29) is 29.5 Å². The SMILES string of the molecule is CC(C)CC(CNC(=O)c1ccc2c(c1)NC(=O)C(C)S2)C(=O)O. The molecule has 1 aliphatic rings. The third-order valence-electron chi connectivity index (χ3n) is 3.79. The van der Waals surface area contributed by atoms with E-state index in [1.54, 1.807) is 18.2 Å². The van der Waals surface area contributed by atoms with Gasteiger partial charge in [0.25, 0.3) is 5.91 Å². The molecule has 0 bridgehead atoms. The molecule has 2 atom stereocenters. The number of fused-ring (bicyclic) bond motifs is 1. The molecule has 1 aliphatic heterocycles. The molecule has 0 fully saturated rings. The standard InChI is InChI=1S/C17H22N2O4S/c1-9(2)6-12(17(22)23)8-18-16(21)11-4-5-14-13(7-11)19-15(20)10(3)24-14/h4-5,7,9-10,12H,6,8H2,1-3H3,(H,18,21)(H,19,20)(H,22,23). The number of carbonyl (C=O) groups is 3. The number of carbonyl (C=O) groups excluding carboxylic acids is 2. The molecule has 2 unspecified atom stereocenters. The highest BCUT2D eigenvalue weighted by Crippen LogP contribution is 2.35. The Morgan fingerprint density at radius 1 is 1.38 bits per heavy atom. The quantitative estimate of drug-likeness (QED) is 0.733. The van der Waals surface area contributed by atoms with E-state index < -0.39 is 11.9 Å². The lowest BCUT2D eigenvalue weighted by Gasteiger charge is -2.22. The van der Waals surface area contributed by atoms with Crippen molar-refractivity contribution in [2.24, 2.45) is 11.8 Å². The summed E-state index contributed by atoms with van der Waals surface area (Å²) in [5, 5.41) is 14.5. The first kappa shape index (κ1) is 18.3. The fourth-order valence-electron chi connectivity index (χ4n) is 2.51. The van der Waals surface area contributed by atoms with Gasteiger partial charge in [0.15, 0.2) is 0 Å². The molecule has 7 heteroatoms. The number of carboxylic acids is 1. The maximum absolute atomic E-state index is 12.3. The monoisotopic (exact) mass is 350 g/mol. The van der Waals surface area contributed by atoms with Crippen LogP contribution in [0.3, 0.4) is 0 Å². The summed E-state index contributed by atoms with van der Waals surface area (Å²) in [5.74, 6) is -1.71. The van der Waals surface area contributed by atoms with Crippen LogP contribution < -0.4 is 10.6 Å². The van der Waals surface area contributed by atoms with Gasteiger partial charge in [0, 0.05) is 17.0 Å². The molecule has 1 aromatic rings. The Balaban J connectivity index is 2.04. The number of amides is 2. The zero-order chi connectivity index (χ0) is 17.9. The first-order valence-electron chi connectivity index (χ1n) is 7.90. The van der Waals surface area contributed by atoms with Crippen LogP contribution in [0.4, 0.5) is 5.69 Å². The molecule has 0 aliphatic carbocycles. The summed E-state index contributed by atoms with van der Waals surface area (Å²) in [6.07, 6.45) is 0.504. The minimum Gasteiger partial charge on any atom is -0.481 e. The Morgan fingerprint density at radius 3 is 2.71 bits per heavy atom. The first-order chi connectivity index (χ1) is 11.3. The van der Waals surface area contributed by atoms with Gasteiger partial charge in [-0.1, -0.05) is 13.8 Å². The second-order valence-corrected chi connectivity index (χ2v) is 7.72. The molecular weight excluding hydrogens is 328 g/mol. The number of rotatable bonds is 6. The zero-order valence-corrected chi connectivity index (χ0v) is 14.8. The lowest BCUT2D eigenvalue weighted by Crippen LogP contribution is -2.34. The predicted molar refractivity (Wildman–Crippen MR) is 93.3 cm³/mol. The number of aliphatic carboxylic acids is 1. The number of carboxylic acid groups (broad SMARTS) is 1. The molecule has 1 heterocycles. The average Bonchev–Trinajstić information content (AvgIpc) is 2.51. The maximum atomic E-state index is 12.3. The Bertz CT molecular complexity index is 660. The average molecular weight is 350 g/mol. The number of hydrogen-bond donors (Lipinski definition) is 3. The number of hydrogen-bond acceptors (Lipinski definition) is 4. The normalized spacial score (nSPS) is 17.8. The number of thioether (sulfide) groups is 1. The fraction of sp³-hybridized carbons (Fsp3) is 0.471. The van der Waals surface area contributed by atoms with E-state index in [1.807, 2.05) is 20.8 Å². The van der Waals surface area contributed by atoms with Crippen LogP contribution in [0.5, 0.6) is 0 Å². The Kier molecular flexibility index (Phi) is 5.88. The van der Waals surface area contributed by atoms with Gasteiger partial charge >= 0.3 is 5.97 Å². The summed E-state index contributed by atoms with van der Waals surface area (Å²) in [7, 11) is 0. The van der Waals surface area contributed by atoms with Gasteiger partial charge in [0.1, 0.15) is 0 Å². The summed E-state index contributed by atoms with van der Waals surface area (Å²) in [4.78, 5) is 36.2. The Labute approximate surface area is 145 Å². The van der Waals surface area contributed by atoms with Gasteiger partial charge < -0.3 is 15.7 Å². The predicted octanol–water partition coefficient (Wildman–Crippen LogP) is 2.60. The van der Waals surface area contributed by atoms with Crippen LogP contribution in [0.15, 0.2) is 23.1 Å². The lowest BCUT2D eigenvalue weighted by molar-refractivity contribution is -0.142. The highest BCUT2D eigenvalue weighted by Gasteiger charge is 2.24. The first-order valence-corrected chi connectivity index (χ1v) is 8.78. The van der Waals surface area contributed by atoms with E-state index in [4.69, 9.17) is 0 Å². The van der Waals surface area contributed by atoms with E-state index >= 15 is 0 Å². The summed E-state index contributed by atoms with van der Waals surface area (Å²) in [6, 6.07) is 5.11. The van der Waals surface area contributed by atoms with Crippen molar-refractivity contribution in [3.8, 4) is 0 Å². The van der Waals surface area contributed by atoms with E-state index in [9.17, 15) is 19.5 Å². The summed E-state index contributed by atoms with van der Waals surface area (Å²) in [6.45, 7) is 5.80. The second kappa shape index (κ2) is 7.70. The van der Waals surface area contributed by atoms with Crippen LogP contribution >= 0.6 is 11.8 Å². The van der Waals surface area contributed by atoms with Crippen molar-refractivity contribution in [3.05, 3.63) is 23.8 Å². The molecule has 2 rings (SSSR count). The van der Waals surface area contributed by atoms with Gasteiger partial charge in [0.2, 0.25) is 5.91 Å². The summed E-state index contributed by atoms with van der Waals surface area (Å²) >= 11 is 1.45. The smallest absolute Gasteiger partial charge is 0.308 e. The molecule has 3 N–H and O–H groups in total. The van der Waals surface area contributed by atoms with Gasteiger partial charge in [-0.25, -0.2) is 0 Å². The topological polar surface area (TPSA) is 95.5 Å². The van der Waals surface area contributed by atoms with Crippen LogP contribution in [-0.2, 0) is 9.59 Å². The minimum atomic E-state index is -0.910. The number of nitrogens with one attached hydrogen (secondary N) is 2. The molecule has 24 heavy (non-hydrogen) atoms. The van der Waals surface area contributed by atoms with Crippen molar-refractivity contribution in [2.45, 2.75) is 37.3 Å². The zero-order valence-electron chi connectivity index (χ0n) is 14.0. The van der Waals surface area contributed by atoms with Crippen LogP contribution in [-0.4, -0.2) is 34.7 Å². The second-order valence-electron chi connectivity index (χ2n) is 6.34. The van der Waals surface area contributed by atoms with Crippen molar-refractivity contribution in [1.82, 2.24) is 5.32 Å². The molecule has 0 saturated carbocycles. The van der Waals surface area contributed by atoms with Crippen LogP contribution in [0.25, 0.3) is 0 Å². The molecule has 2 amide bonds. The highest BCUT2D eigenvalue weighted by atomic mass is 32.2. The Hall–Kier alpha value is -2.02. The highest BCUT2D eigenvalue weighted by molar-refractivity contribution is 8.00. The Morgan fingerprint density at radius 2 is 2.08 bits per heavy atom. The van der Waals surface area contributed by atoms with E-state index in [2.05, 4.69) is 10.6 Å². The molecule has 130 valence electrons. The van der Waals surface area contributed by atoms with Crippen molar-refractivity contribution in [2.75, 3.05) is 11.9 Å². The third kappa shape index (κ3) is 4.50. The van der Waals surface area contributed by atoms with Gasteiger partial charge in [0.05, 0.1) is 16.9 Å². The van der Waals surface area contributed by atoms with E-state index in [0.29, 0.717) is 17.7 Å². The lowest BCUT2D eigenvalue weighted by atomic mass is 9.97. The van der Waals surface area contributed by atoms with Crippen molar-refractivity contribution in [3.63, 3.8) is 0 Å². The molecule has 1 aromatic carbocycles. The largest absolute Gasteiger partial charge is 0.481 e. The molecule has 0 spiro atoms. The third-order valence-corrected chi connectivity index (χ3v) is 4.96. The summed E-state index contributed by atoms with van der Waals surface area (Å²) < 4.78 is 0. The number of benzene rings is 1. The van der Waals surface area contributed by atoms with Crippen molar-refractivity contribution >= 4 is 35.2 Å². The van der Waals surface area contributed by atoms with Crippen molar-refractivity contribution < 1.29 is 19.5 Å². The van der Waals surface area contributed by atoms with Crippen LogP contribution in [0.1, 0.15) is 37.6 Å². The molecule has 0 aromatic heterocycles. The summed E-state index contributed by atoms with van der Waals surface area (Å²) in [5.41, 5.74) is 1.02.